The van der Waals surface area contributed by atoms with Crippen molar-refractivity contribution in [2.45, 2.75) is 20.3 Å². The molecule has 0 fully saturated rings. The smallest absolute Gasteiger partial charge is 0.297 e. The first-order valence-corrected chi connectivity index (χ1v) is 6.14. The van der Waals surface area contributed by atoms with Crippen molar-refractivity contribution in [3.05, 3.63) is 46.0 Å². The molecule has 19 heavy (non-hydrogen) atoms. The maximum absolute atomic E-state index is 11.8. The molecule has 0 spiro atoms. The number of nitrogens with zero attached hydrogens (tertiary/aromatic N) is 2. The van der Waals surface area contributed by atoms with Crippen LogP contribution >= 0.6 is 0 Å². The van der Waals surface area contributed by atoms with Gasteiger partial charge in [0, 0.05) is 12.0 Å². The van der Waals surface area contributed by atoms with E-state index in [9.17, 15) is 4.79 Å². The van der Waals surface area contributed by atoms with Gasteiger partial charge in [-0.15, -0.1) is 0 Å². The van der Waals surface area contributed by atoms with E-state index in [0.717, 1.165) is 11.1 Å². The van der Waals surface area contributed by atoms with Gasteiger partial charge in [0.15, 0.2) is 0 Å². The highest BCUT2D eigenvalue weighted by molar-refractivity contribution is 5.87. The Balaban J connectivity index is 2.27. The molecule has 2 heterocycles. The Morgan fingerprint density at radius 2 is 2.00 bits per heavy atom. The lowest BCUT2D eigenvalue weighted by Gasteiger charge is -1.98. The molecule has 5 heteroatoms. The predicted molar refractivity (Wildman–Crippen MR) is 72.0 cm³/mol. The topological polar surface area (TPSA) is 71.8 Å². The molecule has 0 unspecified atom stereocenters. The molecule has 0 aliphatic heterocycles. The zero-order valence-corrected chi connectivity index (χ0v) is 10.7. The summed E-state index contributed by atoms with van der Waals surface area (Å²) in [6, 6.07) is 7.87. The van der Waals surface area contributed by atoms with Crippen LogP contribution in [0.3, 0.4) is 0 Å². The van der Waals surface area contributed by atoms with Crippen LogP contribution in [-0.4, -0.2) is 15.1 Å². The number of aromatic amines is 1. The second kappa shape index (κ2) is 4.35. The van der Waals surface area contributed by atoms with E-state index in [1.165, 1.54) is 0 Å². The predicted octanol–water partition coefficient (Wildman–Crippen LogP) is 2.45. The van der Waals surface area contributed by atoms with E-state index >= 15 is 0 Å². The van der Waals surface area contributed by atoms with Crippen LogP contribution in [0.2, 0.25) is 0 Å². The zero-order chi connectivity index (χ0) is 13.4. The third-order valence-electron chi connectivity index (χ3n) is 3.04. The second-order valence-electron chi connectivity index (χ2n) is 4.44. The van der Waals surface area contributed by atoms with Gasteiger partial charge in [-0.2, -0.15) is 0 Å². The van der Waals surface area contributed by atoms with Crippen molar-refractivity contribution in [2.24, 2.45) is 0 Å². The van der Waals surface area contributed by atoms with Crippen LogP contribution in [0.15, 0.2) is 33.6 Å². The summed E-state index contributed by atoms with van der Waals surface area (Å²) in [6.07, 6.45) is 0.656. The van der Waals surface area contributed by atoms with Gasteiger partial charge in [0.1, 0.15) is 17.0 Å². The number of hydrogen-bond acceptors (Lipinski definition) is 4. The lowest BCUT2D eigenvalue weighted by atomic mass is 10.1. The normalized spacial score (nSPS) is 11.1. The molecule has 0 aliphatic carbocycles. The fraction of sp³-hybridized carbons (Fsp3) is 0.214. The third kappa shape index (κ3) is 1.93. The van der Waals surface area contributed by atoms with Gasteiger partial charge in [-0.25, -0.2) is 4.98 Å². The van der Waals surface area contributed by atoms with Crippen molar-refractivity contribution in [2.75, 3.05) is 0 Å². The first-order valence-electron chi connectivity index (χ1n) is 6.14. The van der Waals surface area contributed by atoms with Crippen LogP contribution in [-0.2, 0) is 6.42 Å². The molecule has 0 radical (unpaired) electrons. The Bertz CT molecular complexity index is 785. The van der Waals surface area contributed by atoms with Crippen LogP contribution < -0.4 is 5.56 Å². The molecule has 0 bridgehead atoms. The second-order valence-corrected chi connectivity index (χ2v) is 4.44. The fourth-order valence-electron chi connectivity index (χ4n) is 1.96. The molecule has 0 atom stereocenters. The highest BCUT2D eigenvalue weighted by atomic mass is 16.5. The number of nitrogens with one attached hydrogen (secondary N) is 1. The number of rotatable bonds is 2. The van der Waals surface area contributed by atoms with Gasteiger partial charge in [-0.3, -0.25) is 4.79 Å². The molecule has 3 rings (SSSR count). The largest absolute Gasteiger partial charge is 0.348 e. The van der Waals surface area contributed by atoms with E-state index in [1.807, 2.05) is 38.1 Å². The lowest BCUT2D eigenvalue weighted by Crippen LogP contribution is -2.10. The summed E-state index contributed by atoms with van der Waals surface area (Å²) in [5, 5.41) is 3.97. The quantitative estimate of drug-likeness (QED) is 0.763. The van der Waals surface area contributed by atoms with Crippen molar-refractivity contribution in [1.29, 1.82) is 0 Å². The highest BCUT2D eigenvalue weighted by Gasteiger charge is 2.15. The molecule has 96 valence electrons. The first-order chi connectivity index (χ1) is 9.19. The third-order valence-corrected chi connectivity index (χ3v) is 3.04. The van der Waals surface area contributed by atoms with Gasteiger partial charge in [-0.05, 0) is 6.92 Å². The molecular weight excluding hydrogens is 242 g/mol. The van der Waals surface area contributed by atoms with E-state index in [1.54, 1.807) is 0 Å². The highest BCUT2D eigenvalue weighted by Crippen LogP contribution is 2.24. The SMILES string of the molecule is CCc1nc2c(-c3ccc(C)cc3)noc2c(=O)[nH]1. The summed E-state index contributed by atoms with van der Waals surface area (Å²) in [5.41, 5.74) is 3.07. The first kappa shape index (κ1) is 11.6. The Hall–Kier alpha value is -2.43. The maximum Gasteiger partial charge on any atom is 0.297 e. The minimum absolute atomic E-state index is 0.174. The van der Waals surface area contributed by atoms with Crippen molar-refractivity contribution >= 4 is 11.1 Å². The number of aryl methyl sites for hydroxylation is 2. The molecule has 0 saturated carbocycles. The molecule has 1 aromatic carbocycles. The van der Waals surface area contributed by atoms with Crippen molar-refractivity contribution in [3.63, 3.8) is 0 Å². The number of benzene rings is 1. The Morgan fingerprint density at radius 3 is 2.68 bits per heavy atom. The van der Waals surface area contributed by atoms with Crippen LogP contribution in [0, 0.1) is 6.92 Å². The molecule has 3 aromatic rings. The Kier molecular flexibility index (Phi) is 2.67. The molecule has 0 aliphatic rings. The summed E-state index contributed by atoms with van der Waals surface area (Å²) < 4.78 is 5.11. The van der Waals surface area contributed by atoms with Crippen LogP contribution in [0.25, 0.3) is 22.4 Å². The van der Waals surface area contributed by atoms with Crippen LogP contribution in [0.5, 0.6) is 0 Å². The van der Waals surface area contributed by atoms with Gasteiger partial charge in [-0.1, -0.05) is 41.9 Å². The van der Waals surface area contributed by atoms with Crippen LogP contribution in [0.4, 0.5) is 0 Å². The van der Waals surface area contributed by atoms with Crippen molar-refractivity contribution in [3.8, 4) is 11.3 Å². The number of aromatic nitrogens is 3. The van der Waals surface area contributed by atoms with E-state index in [-0.39, 0.29) is 11.1 Å². The fourth-order valence-corrected chi connectivity index (χ4v) is 1.96. The van der Waals surface area contributed by atoms with E-state index in [0.29, 0.717) is 23.5 Å². The average molecular weight is 255 g/mol. The molecule has 2 aromatic heterocycles. The monoisotopic (exact) mass is 255 g/mol. The molecule has 0 amide bonds. The van der Waals surface area contributed by atoms with E-state index in [2.05, 4.69) is 15.1 Å². The van der Waals surface area contributed by atoms with Crippen molar-refractivity contribution < 1.29 is 4.52 Å². The van der Waals surface area contributed by atoms with Gasteiger partial charge in [0.25, 0.3) is 11.1 Å². The summed E-state index contributed by atoms with van der Waals surface area (Å²) in [5.74, 6) is 0.633. The van der Waals surface area contributed by atoms with Gasteiger partial charge in [0.2, 0.25) is 0 Å². The van der Waals surface area contributed by atoms with Gasteiger partial charge >= 0.3 is 0 Å². The van der Waals surface area contributed by atoms with Crippen molar-refractivity contribution in [1.82, 2.24) is 15.1 Å². The summed E-state index contributed by atoms with van der Waals surface area (Å²) in [7, 11) is 0. The summed E-state index contributed by atoms with van der Waals surface area (Å²) in [6.45, 7) is 3.95. The molecule has 1 N–H and O–H groups in total. The number of fused-ring (bicyclic) bond motifs is 1. The van der Waals surface area contributed by atoms with Crippen LogP contribution in [0.1, 0.15) is 18.3 Å². The minimum Gasteiger partial charge on any atom is -0.348 e. The Labute approximate surface area is 109 Å². The Morgan fingerprint density at radius 1 is 1.26 bits per heavy atom. The molecule has 5 nitrogen and oxygen atoms in total. The minimum atomic E-state index is -0.285. The zero-order valence-electron chi connectivity index (χ0n) is 10.7. The number of H-pyrrole nitrogens is 1. The van der Waals surface area contributed by atoms with E-state index in [4.69, 9.17) is 4.52 Å². The molecule has 0 saturated heterocycles. The summed E-state index contributed by atoms with van der Waals surface area (Å²) >= 11 is 0. The standard InChI is InChI=1S/C14H13N3O2/c1-3-10-15-12-11(9-6-4-8(2)5-7-9)17-19-13(12)14(18)16-10/h4-7H,3H2,1-2H3,(H,15,16,18). The average Bonchev–Trinajstić information content (AvgIpc) is 2.84. The number of hydrogen-bond donors (Lipinski definition) is 1. The van der Waals surface area contributed by atoms with Gasteiger partial charge in [0.05, 0.1) is 0 Å². The molecular formula is C14H13N3O2. The van der Waals surface area contributed by atoms with Gasteiger partial charge < -0.3 is 9.51 Å². The lowest BCUT2D eigenvalue weighted by molar-refractivity contribution is 0.456. The van der Waals surface area contributed by atoms with E-state index < -0.39 is 0 Å². The maximum atomic E-state index is 11.8. The summed E-state index contributed by atoms with van der Waals surface area (Å²) in [4.78, 5) is 18.9.